The molecule has 2 aromatic rings. The number of hydrogen-bond donors (Lipinski definition) is 1. The van der Waals surface area contributed by atoms with Gasteiger partial charge in [-0.3, -0.25) is 10.1 Å². The average Bonchev–Trinajstić information content (AvgIpc) is 2.59. The highest BCUT2D eigenvalue weighted by Gasteiger charge is 2.13. The van der Waals surface area contributed by atoms with Crippen LogP contribution in [-0.2, 0) is 0 Å². The van der Waals surface area contributed by atoms with E-state index in [9.17, 15) is 10.1 Å². The van der Waals surface area contributed by atoms with Crippen molar-refractivity contribution in [2.24, 2.45) is 0 Å². The molecule has 0 amide bonds. The summed E-state index contributed by atoms with van der Waals surface area (Å²) in [6, 6.07) is 4.98. The van der Waals surface area contributed by atoms with Crippen molar-refractivity contribution in [3.8, 4) is 0 Å². The van der Waals surface area contributed by atoms with E-state index in [0.29, 0.717) is 5.52 Å². The van der Waals surface area contributed by atoms with Gasteiger partial charge in [-0.25, -0.2) is 0 Å². The van der Waals surface area contributed by atoms with Gasteiger partial charge in [0.05, 0.1) is 4.92 Å². The molecule has 14 heavy (non-hydrogen) atoms. The van der Waals surface area contributed by atoms with Gasteiger partial charge in [0, 0.05) is 17.6 Å². The number of fused-ring (bicyclic) bond motifs is 1. The number of benzene rings is 1. The van der Waals surface area contributed by atoms with E-state index in [0.717, 1.165) is 10.9 Å². The number of nitrogens with one attached hydrogen (secondary N) is 1. The first kappa shape index (κ1) is 8.50. The second-order valence-electron chi connectivity index (χ2n) is 2.90. The molecule has 0 atom stereocenters. The first-order valence-electron chi connectivity index (χ1n) is 4.11. The molecule has 1 aromatic carbocycles. The molecule has 0 unspecified atom stereocenters. The summed E-state index contributed by atoms with van der Waals surface area (Å²) in [4.78, 5) is 13.2. The zero-order valence-corrected chi connectivity index (χ0v) is 7.36. The number of hydrogen-bond acceptors (Lipinski definition) is 2. The van der Waals surface area contributed by atoms with E-state index in [2.05, 4.69) is 11.6 Å². The van der Waals surface area contributed by atoms with Crippen molar-refractivity contribution in [3.05, 3.63) is 46.7 Å². The van der Waals surface area contributed by atoms with Crippen LogP contribution in [0.25, 0.3) is 17.0 Å². The summed E-state index contributed by atoms with van der Waals surface area (Å²) in [6.07, 6.45) is 3.38. The molecule has 0 spiro atoms. The summed E-state index contributed by atoms with van der Waals surface area (Å²) in [5.41, 5.74) is 1.52. The van der Waals surface area contributed by atoms with Crippen molar-refractivity contribution in [2.45, 2.75) is 0 Å². The van der Waals surface area contributed by atoms with Crippen LogP contribution in [0.5, 0.6) is 0 Å². The van der Waals surface area contributed by atoms with E-state index >= 15 is 0 Å². The maximum atomic E-state index is 10.7. The Morgan fingerprint density at radius 1 is 1.50 bits per heavy atom. The third kappa shape index (κ3) is 1.08. The highest BCUT2D eigenvalue weighted by Crippen LogP contribution is 2.27. The molecule has 4 nitrogen and oxygen atoms in total. The van der Waals surface area contributed by atoms with Crippen LogP contribution in [-0.4, -0.2) is 9.91 Å². The Labute approximate surface area is 80.0 Å². The van der Waals surface area contributed by atoms with Gasteiger partial charge >= 0.3 is 0 Å². The summed E-state index contributed by atoms with van der Waals surface area (Å²) < 4.78 is 0. The summed E-state index contributed by atoms with van der Waals surface area (Å²) in [7, 11) is 0. The number of nitro groups is 1. The van der Waals surface area contributed by atoms with Crippen LogP contribution in [0.3, 0.4) is 0 Å². The van der Waals surface area contributed by atoms with Gasteiger partial charge in [-0.15, -0.1) is 0 Å². The Morgan fingerprint density at radius 3 is 2.93 bits per heavy atom. The first-order valence-corrected chi connectivity index (χ1v) is 4.11. The quantitative estimate of drug-likeness (QED) is 0.581. The van der Waals surface area contributed by atoms with Gasteiger partial charge in [0.2, 0.25) is 0 Å². The van der Waals surface area contributed by atoms with Crippen LogP contribution in [0.4, 0.5) is 5.69 Å². The minimum Gasteiger partial charge on any atom is -0.355 e. The fourth-order valence-electron chi connectivity index (χ4n) is 1.48. The lowest BCUT2D eigenvalue weighted by Crippen LogP contribution is -1.88. The van der Waals surface area contributed by atoms with Gasteiger partial charge in [-0.1, -0.05) is 24.8 Å². The molecule has 0 saturated carbocycles. The molecule has 1 N–H and O–H groups in total. The summed E-state index contributed by atoms with van der Waals surface area (Å²) in [5, 5.41) is 11.5. The number of nitro benzene ring substituents is 1. The fourth-order valence-corrected chi connectivity index (χ4v) is 1.48. The van der Waals surface area contributed by atoms with E-state index in [1.54, 1.807) is 18.3 Å². The van der Waals surface area contributed by atoms with Gasteiger partial charge in [0.15, 0.2) is 0 Å². The zero-order valence-electron chi connectivity index (χ0n) is 7.36. The average molecular weight is 188 g/mol. The highest BCUT2D eigenvalue weighted by molar-refractivity contribution is 5.94. The van der Waals surface area contributed by atoms with Crippen molar-refractivity contribution in [1.29, 1.82) is 0 Å². The van der Waals surface area contributed by atoms with E-state index in [4.69, 9.17) is 0 Å². The highest BCUT2D eigenvalue weighted by atomic mass is 16.6. The van der Waals surface area contributed by atoms with Crippen molar-refractivity contribution >= 4 is 22.7 Å². The van der Waals surface area contributed by atoms with E-state index in [-0.39, 0.29) is 5.69 Å². The van der Waals surface area contributed by atoms with Crippen LogP contribution < -0.4 is 0 Å². The Kier molecular flexibility index (Phi) is 1.81. The fraction of sp³-hybridized carbons (Fsp3) is 0. The molecule has 0 radical (unpaired) electrons. The molecule has 0 aliphatic heterocycles. The molecule has 0 saturated heterocycles. The normalized spacial score (nSPS) is 10.3. The van der Waals surface area contributed by atoms with Crippen LogP contribution in [0, 0.1) is 10.1 Å². The second-order valence-corrected chi connectivity index (χ2v) is 2.90. The minimum absolute atomic E-state index is 0.0931. The first-order chi connectivity index (χ1) is 6.74. The topological polar surface area (TPSA) is 58.9 Å². The lowest BCUT2D eigenvalue weighted by Gasteiger charge is -1.93. The standard InChI is InChI=1S/C10H8N2O2/c1-2-7-6-11-10-8(7)4-3-5-9(10)12(13)14/h2-6,11H,1H2. The molecule has 0 fully saturated rings. The summed E-state index contributed by atoms with van der Waals surface area (Å²) >= 11 is 0. The maximum absolute atomic E-state index is 10.7. The summed E-state index contributed by atoms with van der Waals surface area (Å²) in [5.74, 6) is 0. The van der Waals surface area contributed by atoms with Crippen LogP contribution in [0.15, 0.2) is 31.0 Å². The number of H-pyrrole nitrogens is 1. The molecule has 1 heterocycles. The summed E-state index contributed by atoms with van der Waals surface area (Å²) in [6.45, 7) is 3.64. The molecule has 2 rings (SSSR count). The number of rotatable bonds is 2. The number of aromatic amines is 1. The number of non-ortho nitro benzene ring substituents is 1. The van der Waals surface area contributed by atoms with E-state index in [1.807, 2.05) is 6.07 Å². The van der Waals surface area contributed by atoms with Crippen molar-refractivity contribution in [2.75, 3.05) is 0 Å². The maximum Gasteiger partial charge on any atom is 0.293 e. The number of aromatic nitrogens is 1. The van der Waals surface area contributed by atoms with Gasteiger partial charge in [0.25, 0.3) is 5.69 Å². The molecule has 0 bridgehead atoms. The Hall–Kier alpha value is -2.10. The number of para-hydroxylation sites is 1. The van der Waals surface area contributed by atoms with Crippen LogP contribution >= 0.6 is 0 Å². The van der Waals surface area contributed by atoms with Gasteiger partial charge in [-0.2, -0.15) is 0 Å². The number of nitrogens with zero attached hydrogens (tertiary/aromatic N) is 1. The Bertz CT molecular complexity index is 514. The van der Waals surface area contributed by atoms with Gasteiger partial charge < -0.3 is 4.98 Å². The van der Waals surface area contributed by atoms with Crippen molar-refractivity contribution < 1.29 is 4.92 Å². The molecule has 0 aliphatic rings. The third-order valence-corrected chi connectivity index (χ3v) is 2.14. The van der Waals surface area contributed by atoms with E-state index in [1.165, 1.54) is 6.07 Å². The predicted octanol–water partition coefficient (Wildman–Crippen LogP) is 2.72. The van der Waals surface area contributed by atoms with E-state index < -0.39 is 4.92 Å². The molecular weight excluding hydrogens is 180 g/mol. The third-order valence-electron chi connectivity index (χ3n) is 2.14. The predicted molar refractivity (Wildman–Crippen MR) is 55.0 cm³/mol. The van der Waals surface area contributed by atoms with Gasteiger partial charge in [-0.05, 0) is 5.56 Å². The Balaban J connectivity index is 2.82. The molecule has 1 aromatic heterocycles. The van der Waals surface area contributed by atoms with Crippen LogP contribution in [0.2, 0.25) is 0 Å². The van der Waals surface area contributed by atoms with Crippen molar-refractivity contribution in [3.63, 3.8) is 0 Å². The van der Waals surface area contributed by atoms with Crippen molar-refractivity contribution in [1.82, 2.24) is 4.98 Å². The lowest BCUT2D eigenvalue weighted by molar-refractivity contribution is -0.383. The monoisotopic (exact) mass is 188 g/mol. The largest absolute Gasteiger partial charge is 0.355 e. The van der Waals surface area contributed by atoms with Gasteiger partial charge in [0.1, 0.15) is 5.52 Å². The molecule has 0 aliphatic carbocycles. The Morgan fingerprint density at radius 2 is 2.29 bits per heavy atom. The lowest BCUT2D eigenvalue weighted by atomic mass is 10.1. The molecular formula is C10H8N2O2. The zero-order chi connectivity index (χ0) is 10.1. The smallest absolute Gasteiger partial charge is 0.293 e. The second kappa shape index (κ2) is 2.99. The molecule has 70 valence electrons. The minimum atomic E-state index is -0.397. The SMILES string of the molecule is C=Cc1c[nH]c2c([N+](=O)[O-])cccc12. The molecule has 4 heteroatoms. The van der Waals surface area contributed by atoms with Crippen LogP contribution in [0.1, 0.15) is 5.56 Å².